The number of alkyl halides is 1. The molecule has 2 unspecified atom stereocenters. The summed E-state index contributed by atoms with van der Waals surface area (Å²) in [7, 11) is 1.63. The normalized spacial score (nSPS) is 24.7. The van der Waals surface area contributed by atoms with Gasteiger partial charge in [-0.25, -0.2) is 0 Å². The van der Waals surface area contributed by atoms with Crippen LogP contribution in [0.3, 0.4) is 0 Å². The molecule has 1 heterocycles. The smallest absolute Gasteiger partial charge is 0.228 e. The minimum absolute atomic E-state index is 0.00456. The number of methoxy groups -OCH3 is 1. The number of halogens is 1. The van der Waals surface area contributed by atoms with E-state index in [4.69, 9.17) is 21.1 Å². The first-order chi connectivity index (χ1) is 7.69. The standard InChI is InChI=1S/C11H20ClNO3/c1-9-7-10(8-16-9)11(14)13(4-3-12)5-6-15-2/h9-10H,3-8H2,1-2H3. The Morgan fingerprint density at radius 1 is 1.56 bits per heavy atom. The van der Waals surface area contributed by atoms with Gasteiger partial charge in [0.25, 0.3) is 0 Å². The zero-order chi connectivity index (χ0) is 12.0. The Balaban J connectivity index is 2.45. The molecular formula is C11H20ClNO3. The van der Waals surface area contributed by atoms with Crippen LogP contribution in [0.5, 0.6) is 0 Å². The van der Waals surface area contributed by atoms with Gasteiger partial charge in [0.05, 0.1) is 25.2 Å². The van der Waals surface area contributed by atoms with Crippen LogP contribution in [0, 0.1) is 5.92 Å². The van der Waals surface area contributed by atoms with Gasteiger partial charge < -0.3 is 14.4 Å². The Labute approximate surface area is 102 Å². The summed E-state index contributed by atoms with van der Waals surface area (Å²) in [5.74, 6) is 0.593. The number of rotatable bonds is 6. The lowest BCUT2D eigenvalue weighted by atomic mass is 10.0. The van der Waals surface area contributed by atoms with Crippen molar-refractivity contribution in [2.75, 3.05) is 39.3 Å². The largest absolute Gasteiger partial charge is 0.383 e. The monoisotopic (exact) mass is 249 g/mol. The Morgan fingerprint density at radius 3 is 2.81 bits per heavy atom. The number of ether oxygens (including phenoxy) is 2. The van der Waals surface area contributed by atoms with Gasteiger partial charge in [-0.3, -0.25) is 4.79 Å². The van der Waals surface area contributed by atoms with Crippen LogP contribution in [0.25, 0.3) is 0 Å². The molecule has 0 aromatic carbocycles. The van der Waals surface area contributed by atoms with Gasteiger partial charge in [0.2, 0.25) is 5.91 Å². The topological polar surface area (TPSA) is 38.8 Å². The molecule has 2 atom stereocenters. The quantitative estimate of drug-likeness (QED) is 0.663. The van der Waals surface area contributed by atoms with E-state index < -0.39 is 0 Å². The van der Waals surface area contributed by atoms with Gasteiger partial charge in [0, 0.05) is 26.1 Å². The number of nitrogens with zero attached hydrogens (tertiary/aromatic N) is 1. The summed E-state index contributed by atoms with van der Waals surface area (Å²) in [4.78, 5) is 13.9. The van der Waals surface area contributed by atoms with Gasteiger partial charge >= 0.3 is 0 Å². The molecule has 1 saturated heterocycles. The second-order valence-corrected chi connectivity index (χ2v) is 4.46. The van der Waals surface area contributed by atoms with Crippen molar-refractivity contribution in [2.45, 2.75) is 19.4 Å². The van der Waals surface area contributed by atoms with E-state index in [1.54, 1.807) is 12.0 Å². The number of carbonyl (C=O) groups excluding carboxylic acids is 1. The predicted octanol–water partition coefficient (Wildman–Crippen LogP) is 1.13. The third-order valence-corrected chi connectivity index (χ3v) is 2.95. The summed E-state index contributed by atoms with van der Waals surface area (Å²) >= 11 is 5.69. The second-order valence-electron chi connectivity index (χ2n) is 4.08. The lowest BCUT2D eigenvalue weighted by Crippen LogP contribution is -2.39. The first-order valence-electron chi connectivity index (χ1n) is 5.64. The average Bonchev–Trinajstić information content (AvgIpc) is 2.70. The molecular weight excluding hydrogens is 230 g/mol. The van der Waals surface area contributed by atoms with Crippen molar-refractivity contribution in [3.05, 3.63) is 0 Å². The van der Waals surface area contributed by atoms with E-state index in [-0.39, 0.29) is 17.9 Å². The van der Waals surface area contributed by atoms with Crippen LogP contribution < -0.4 is 0 Å². The third-order valence-electron chi connectivity index (χ3n) is 2.78. The molecule has 1 aliphatic heterocycles. The van der Waals surface area contributed by atoms with Gasteiger partial charge in [0.15, 0.2) is 0 Å². The molecule has 1 amide bonds. The zero-order valence-corrected chi connectivity index (χ0v) is 10.7. The molecule has 0 bridgehead atoms. The van der Waals surface area contributed by atoms with Crippen LogP contribution in [-0.4, -0.2) is 56.2 Å². The summed E-state index contributed by atoms with van der Waals surface area (Å²) in [5, 5.41) is 0. The summed E-state index contributed by atoms with van der Waals surface area (Å²) in [6.45, 7) is 4.26. The van der Waals surface area contributed by atoms with Crippen LogP contribution in [0.15, 0.2) is 0 Å². The molecule has 0 spiro atoms. The van der Waals surface area contributed by atoms with Crippen molar-refractivity contribution in [1.29, 1.82) is 0 Å². The first-order valence-corrected chi connectivity index (χ1v) is 6.17. The molecule has 1 rings (SSSR count). The van der Waals surface area contributed by atoms with E-state index >= 15 is 0 Å². The summed E-state index contributed by atoms with van der Waals surface area (Å²) in [6.07, 6.45) is 0.999. The molecule has 4 nitrogen and oxygen atoms in total. The summed E-state index contributed by atoms with van der Waals surface area (Å²) in [6, 6.07) is 0. The molecule has 0 radical (unpaired) electrons. The van der Waals surface area contributed by atoms with E-state index in [0.29, 0.717) is 32.2 Å². The fraction of sp³-hybridized carbons (Fsp3) is 0.909. The van der Waals surface area contributed by atoms with E-state index in [1.165, 1.54) is 0 Å². The van der Waals surface area contributed by atoms with Crippen LogP contribution in [-0.2, 0) is 14.3 Å². The molecule has 0 saturated carbocycles. The molecule has 0 aliphatic carbocycles. The lowest BCUT2D eigenvalue weighted by molar-refractivity contribution is -0.135. The molecule has 1 aliphatic rings. The van der Waals surface area contributed by atoms with Crippen LogP contribution in [0.2, 0.25) is 0 Å². The van der Waals surface area contributed by atoms with Crippen molar-refractivity contribution in [3.63, 3.8) is 0 Å². The maximum Gasteiger partial charge on any atom is 0.228 e. The summed E-state index contributed by atoms with van der Waals surface area (Å²) < 4.78 is 10.4. The maximum atomic E-state index is 12.1. The highest BCUT2D eigenvalue weighted by atomic mass is 35.5. The van der Waals surface area contributed by atoms with Gasteiger partial charge in [-0.1, -0.05) is 0 Å². The highest BCUT2D eigenvalue weighted by molar-refractivity contribution is 6.18. The van der Waals surface area contributed by atoms with E-state index in [2.05, 4.69) is 0 Å². The number of hydrogen-bond acceptors (Lipinski definition) is 3. The van der Waals surface area contributed by atoms with Crippen LogP contribution in [0.4, 0.5) is 0 Å². The second kappa shape index (κ2) is 7.09. The minimum Gasteiger partial charge on any atom is -0.383 e. The van der Waals surface area contributed by atoms with E-state index in [0.717, 1.165) is 6.42 Å². The van der Waals surface area contributed by atoms with Crippen LogP contribution in [0.1, 0.15) is 13.3 Å². The molecule has 1 fully saturated rings. The first kappa shape index (κ1) is 13.7. The van der Waals surface area contributed by atoms with Gasteiger partial charge in [-0.05, 0) is 13.3 Å². The van der Waals surface area contributed by atoms with Crippen molar-refractivity contribution < 1.29 is 14.3 Å². The van der Waals surface area contributed by atoms with Gasteiger partial charge in [-0.15, -0.1) is 11.6 Å². The van der Waals surface area contributed by atoms with Crippen molar-refractivity contribution in [1.82, 2.24) is 4.90 Å². The van der Waals surface area contributed by atoms with Crippen LogP contribution >= 0.6 is 11.6 Å². The Bertz CT molecular complexity index is 225. The fourth-order valence-corrected chi connectivity index (χ4v) is 2.09. The fourth-order valence-electron chi connectivity index (χ4n) is 1.88. The lowest BCUT2D eigenvalue weighted by Gasteiger charge is -2.24. The predicted molar refractivity (Wildman–Crippen MR) is 62.7 cm³/mol. The zero-order valence-electron chi connectivity index (χ0n) is 9.95. The maximum absolute atomic E-state index is 12.1. The average molecular weight is 250 g/mol. The minimum atomic E-state index is -0.00456. The molecule has 0 N–H and O–H groups in total. The number of amides is 1. The van der Waals surface area contributed by atoms with Crippen molar-refractivity contribution in [3.8, 4) is 0 Å². The number of hydrogen-bond donors (Lipinski definition) is 0. The highest BCUT2D eigenvalue weighted by Gasteiger charge is 2.31. The highest BCUT2D eigenvalue weighted by Crippen LogP contribution is 2.21. The van der Waals surface area contributed by atoms with Gasteiger partial charge in [0.1, 0.15) is 0 Å². The Kier molecular flexibility index (Phi) is 6.09. The molecule has 5 heteroatoms. The van der Waals surface area contributed by atoms with Crippen molar-refractivity contribution >= 4 is 17.5 Å². The third kappa shape index (κ3) is 3.92. The SMILES string of the molecule is COCCN(CCCl)C(=O)C1COC(C)C1. The molecule has 94 valence electrons. The molecule has 16 heavy (non-hydrogen) atoms. The number of carbonyl (C=O) groups is 1. The van der Waals surface area contributed by atoms with Crippen molar-refractivity contribution in [2.24, 2.45) is 5.92 Å². The van der Waals surface area contributed by atoms with E-state index in [1.807, 2.05) is 6.92 Å². The van der Waals surface area contributed by atoms with Gasteiger partial charge in [-0.2, -0.15) is 0 Å². The van der Waals surface area contributed by atoms with E-state index in [9.17, 15) is 4.79 Å². The Morgan fingerprint density at radius 2 is 2.31 bits per heavy atom. The summed E-state index contributed by atoms with van der Waals surface area (Å²) in [5.41, 5.74) is 0. The Hall–Kier alpha value is -0.320. The molecule has 0 aromatic rings. The molecule has 0 aromatic heterocycles.